The number of ether oxygens (including phenoxy) is 1. The molecular weight excluding hydrogens is 166 g/mol. The van der Waals surface area contributed by atoms with Crippen LogP contribution in [0.1, 0.15) is 12.0 Å². The first kappa shape index (κ1) is 8.10. The van der Waals surface area contributed by atoms with Gasteiger partial charge in [-0.15, -0.1) is 0 Å². The third-order valence-electron chi connectivity index (χ3n) is 1.93. The molecule has 0 amide bonds. The summed E-state index contributed by atoms with van der Waals surface area (Å²) in [5.41, 5.74) is 1.95. The van der Waals surface area contributed by atoms with Crippen LogP contribution in [-0.2, 0) is 4.84 Å². The Balaban J connectivity index is 2.42. The monoisotopic (exact) mass is 176 g/mol. The summed E-state index contributed by atoms with van der Waals surface area (Å²) >= 11 is 0. The molecule has 0 fully saturated rings. The molecule has 2 rings (SSSR count). The molecule has 0 spiro atoms. The average molecular weight is 176 g/mol. The van der Waals surface area contributed by atoms with Crippen molar-refractivity contribution in [2.45, 2.75) is 6.42 Å². The fraction of sp³-hybridized carbons (Fsp3) is 0.300. The highest BCUT2D eigenvalue weighted by molar-refractivity contribution is 6.03. The predicted octanol–water partition coefficient (Wildman–Crippen LogP) is 1.62. The fourth-order valence-corrected chi connectivity index (χ4v) is 1.37. The summed E-state index contributed by atoms with van der Waals surface area (Å²) in [5.74, 6) is 0.838. The Morgan fingerprint density at radius 2 is 2.54 bits per heavy atom. The maximum absolute atomic E-state index is 5.43. The van der Waals surface area contributed by atoms with Crippen LogP contribution in [0.5, 0.6) is 5.75 Å². The zero-order valence-corrected chi connectivity index (χ0v) is 7.41. The van der Waals surface area contributed by atoms with Gasteiger partial charge in [-0.05, 0) is 18.2 Å². The summed E-state index contributed by atoms with van der Waals surface area (Å²) < 4.78 is 5.43. The molecule has 1 aromatic rings. The third kappa shape index (κ3) is 1.49. The summed E-state index contributed by atoms with van der Waals surface area (Å²) in [4.78, 5) is 4.76. The van der Waals surface area contributed by atoms with Crippen LogP contribution in [0.15, 0.2) is 23.4 Å². The lowest BCUT2D eigenvalue weighted by Crippen LogP contribution is -2.16. The van der Waals surface area contributed by atoms with Gasteiger partial charge in [-0.3, -0.25) is 0 Å². The zero-order chi connectivity index (χ0) is 9.10. The van der Waals surface area contributed by atoms with Gasteiger partial charge in [-0.1, -0.05) is 11.2 Å². The maximum atomic E-state index is 5.43. The molecule has 3 nitrogen and oxygen atoms in total. The standard InChI is InChI=1S/C10H10NO2/c1-12-11-9-6-7-13-10-5-3-2-4-8(9)10/h2,4-5H,6-7H2,1H3. The molecule has 0 unspecified atom stereocenters. The number of oxime groups is 1. The first-order chi connectivity index (χ1) is 6.42. The highest BCUT2D eigenvalue weighted by atomic mass is 16.6. The van der Waals surface area contributed by atoms with Crippen LogP contribution in [0.4, 0.5) is 0 Å². The number of fused-ring (bicyclic) bond motifs is 1. The predicted molar refractivity (Wildman–Crippen MR) is 48.9 cm³/mol. The lowest BCUT2D eigenvalue weighted by Gasteiger charge is -2.17. The molecule has 1 heterocycles. The summed E-state index contributed by atoms with van der Waals surface area (Å²) in [6.45, 7) is 0.660. The maximum Gasteiger partial charge on any atom is 0.129 e. The molecule has 67 valence electrons. The lowest BCUT2D eigenvalue weighted by atomic mass is 10.0. The van der Waals surface area contributed by atoms with Gasteiger partial charge in [-0.25, -0.2) is 0 Å². The van der Waals surface area contributed by atoms with Crippen molar-refractivity contribution < 1.29 is 9.57 Å². The van der Waals surface area contributed by atoms with Gasteiger partial charge in [0.15, 0.2) is 0 Å². The van der Waals surface area contributed by atoms with E-state index in [9.17, 15) is 0 Å². The minimum atomic E-state index is 0.660. The van der Waals surface area contributed by atoms with E-state index in [0.29, 0.717) is 6.61 Å². The van der Waals surface area contributed by atoms with Crippen molar-refractivity contribution in [3.05, 3.63) is 29.8 Å². The second-order valence-electron chi connectivity index (χ2n) is 2.74. The molecule has 0 aromatic heterocycles. The first-order valence-corrected chi connectivity index (χ1v) is 4.15. The van der Waals surface area contributed by atoms with Crippen LogP contribution < -0.4 is 4.74 Å². The smallest absolute Gasteiger partial charge is 0.129 e. The Morgan fingerprint density at radius 1 is 1.62 bits per heavy atom. The summed E-state index contributed by atoms with van der Waals surface area (Å²) in [7, 11) is 1.55. The summed E-state index contributed by atoms with van der Waals surface area (Å²) in [5, 5.41) is 3.95. The molecule has 0 aliphatic carbocycles. The molecule has 0 N–H and O–H groups in total. The van der Waals surface area contributed by atoms with Crippen molar-refractivity contribution in [1.82, 2.24) is 0 Å². The second kappa shape index (κ2) is 3.47. The Bertz CT molecular complexity index is 333. The van der Waals surface area contributed by atoms with Crippen LogP contribution >= 0.6 is 0 Å². The van der Waals surface area contributed by atoms with Crippen LogP contribution in [0.25, 0.3) is 0 Å². The number of benzene rings is 1. The number of nitrogens with zero attached hydrogens (tertiary/aromatic N) is 1. The van der Waals surface area contributed by atoms with E-state index in [1.54, 1.807) is 7.11 Å². The van der Waals surface area contributed by atoms with E-state index in [-0.39, 0.29) is 0 Å². The van der Waals surface area contributed by atoms with E-state index in [4.69, 9.17) is 9.57 Å². The Morgan fingerprint density at radius 3 is 3.38 bits per heavy atom. The van der Waals surface area contributed by atoms with Gasteiger partial charge in [0.2, 0.25) is 0 Å². The topological polar surface area (TPSA) is 30.8 Å². The molecule has 3 heteroatoms. The van der Waals surface area contributed by atoms with E-state index in [2.05, 4.69) is 11.2 Å². The largest absolute Gasteiger partial charge is 0.492 e. The molecule has 1 aliphatic heterocycles. The average Bonchev–Trinajstić information content (AvgIpc) is 2.19. The molecule has 1 aliphatic rings. The molecule has 1 radical (unpaired) electrons. The van der Waals surface area contributed by atoms with Gasteiger partial charge in [0.05, 0.1) is 12.3 Å². The van der Waals surface area contributed by atoms with Crippen molar-refractivity contribution >= 4 is 5.71 Å². The third-order valence-corrected chi connectivity index (χ3v) is 1.93. The van der Waals surface area contributed by atoms with Crippen molar-refractivity contribution in [1.29, 1.82) is 0 Å². The number of rotatable bonds is 1. The van der Waals surface area contributed by atoms with Gasteiger partial charge < -0.3 is 9.57 Å². The van der Waals surface area contributed by atoms with E-state index >= 15 is 0 Å². The Labute approximate surface area is 77.0 Å². The second-order valence-corrected chi connectivity index (χ2v) is 2.74. The van der Waals surface area contributed by atoms with Crippen molar-refractivity contribution in [2.75, 3.05) is 13.7 Å². The van der Waals surface area contributed by atoms with Crippen molar-refractivity contribution in [3.63, 3.8) is 0 Å². The SMILES string of the molecule is CON=C1CCOc2c[c]ccc21. The van der Waals surface area contributed by atoms with Crippen LogP contribution in [0.2, 0.25) is 0 Å². The summed E-state index contributed by atoms with van der Waals surface area (Å²) in [6.07, 6.45) is 0.796. The molecule has 0 saturated heterocycles. The van der Waals surface area contributed by atoms with E-state index in [1.807, 2.05) is 18.2 Å². The van der Waals surface area contributed by atoms with Gasteiger partial charge in [0.1, 0.15) is 12.9 Å². The van der Waals surface area contributed by atoms with E-state index < -0.39 is 0 Å². The molecule has 0 saturated carbocycles. The van der Waals surface area contributed by atoms with Gasteiger partial charge >= 0.3 is 0 Å². The minimum absolute atomic E-state index is 0.660. The van der Waals surface area contributed by atoms with Crippen molar-refractivity contribution in [3.8, 4) is 5.75 Å². The molecular formula is C10H10NO2. The first-order valence-electron chi connectivity index (χ1n) is 4.15. The van der Waals surface area contributed by atoms with Crippen LogP contribution in [0, 0.1) is 6.07 Å². The Kier molecular flexibility index (Phi) is 2.17. The normalized spacial score (nSPS) is 17.8. The highest BCUT2D eigenvalue weighted by Crippen LogP contribution is 2.23. The molecule has 0 atom stereocenters. The van der Waals surface area contributed by atoms with Crippen LogP contribution in [0.3, 0.4) is 0 Å². The van der Waals surface area contributed by atoms with Crippen molar-refractivity contribution in [2.24, 2.45) is 5.16 Å². The van der Waals surface area contributed by atoms with E-state index in [1.165, 1.54) is 0 Å². The van der Waals surface area contributed by atoms with E-state index in [0.717, 1.165) is 23.4 Å². The highest BCUT2D eigenvalue weighted by Gasteiger charge is 2.15. The van der Waals surface area contributed by atoms with Gasteiger partial charge in [0, 0.05) is 12.0 Å². The van der Waals surface area contributed by atoms with Gasteiger partial charge in [0.25, 0.3) is 0 Å². The quantitative estimate of drug-likeness (QED) is 0.609. The summed E-state index contributed by atoms with van der Waals surface area (Å²) in [6, 6.07) is 8.56. The Hall–Kier alpha value is -1.51. The molecule has 13 heavy (non-hydrogen) atoms. The van der Waals surface area contributed by atoms with Gasteiger partial charge in [-0.2, -0.15) is 0 Å². The minimum Gasteiger partial charge on any atom is -0.492 e. The number of hydrogen-bond acceptors (Lipinski definition) is 3. The lowest BCUT2D eigenvalue weighted by molar-refractivity contribution is 0.210. The van der Waals surface area contributed by atoms with Crippen LogP contribution in [-0.4, -0.2) is 19.4 Å². The number of hydrogen-bond donors (Lipinski definition) is 0. The molecule has 1 aromatic carbocycles. The zero-order valence-electron chi connectivity index (χ0n) is 7.41. The molecule has 0 bridgehead atoms. The fourth-order valence-electron chi connectivity index (χ4n) is 1.37.